The number of piperidine rings is 1. The van der Waals surface area contributed by atoms with Crippen LogP contribution in [0.1, 0.15) is 49.2 Å². The molecule has 1 amide bonds. The molecule has 0 radical (unpaired) electrons. The first-order valence-corrected chi connectivity index (χ1v) is 7.53. The average molecular weight is 278 g/mol. The zero-order valence-corrected chi connectivity index (χ0v) is 13.0. The molecule has 1 saturated heterocycles. The molecule has 1 aromatic heterocycles. The van der Waals surface area contributed by atoms with E-state index in [0.717, 1.165) is 30.8 Å². The number of aromatic nitrogens is 2. The molecule has 1 N–H and O–H groups in total. The molecule has 1 fully saturated rings. The fraction of sp³-hybridized carbons (Fsp3) is 0.733. The molecule has 1 aromatic rings. The summed E-state index contributed by atoms with van der Waals surface area (Å²) in [4.78, 5) is 14.7. The quantitative estimate of drug-likeness (QED) is 0.912. The third-order valence-corrected chi connectivity index (χ3v) is 3.96. The van der Waals surface area contributed by atoms with Crippen LogP contribution in [-0.4, -0.2) is 45.8 Å². The topological polar surface area (TPSA) is 50.2 Å². The van der Waals surface area contributed by atoms with Gasteiger partial charge in [0.1, 0.15) is 0 Å². The monoisotopic (exact) mass is 278 g/mol. The second-order valence-corrected chi connectivity index (χ2v) is 6.00. The summed E-state index contributed by atoms with van der Waals surface area (Å²) in [5.41, 5.74) is 1.52. The fourth-order valence-electron chi connectivity index (χ4n) is 2.81. The predicted molar refractivity (Wildman–Crippen MR) is 79.8 cm³/mol. The average Bonchev–Trinajstić information content (AvgIpc) is 2.75. The number of nitrogens with one attached hydrogen (secondary N) is 1. The maximum absolute atomic E-state index is 12.7. The lowest BCUT2D eigenvalue weighted by Crippen LogP contribution is -2.48. The molecular formula is C15H26N4O. The predicted octanol–water partition coefficient (Wildman–Crippen LogP) is 1.72. The number of hydrogen-bond donors (Lipinski definition) is 1. The van der Waals surface area contributed by atoms with Crippen molar-refractivity contribution in [1.29, 1.82) is 0 Å². The van der Waals surface area contributed by atoms with Crippen LogP contribution < -0.4 is 5.32 Å². The minimum absolute atomic E-state index is 0.0953. The second kappa shape index (κ2) is 6.39. The van der Waals surface area contributed by atoms with Crippen LogP contribution in [0.25, 0.3) is 0 Å². The summed E-state index contributed by atoms with van der Waals surface area (Å²) in [6, 6.07) is 0.623. The summed E-state index contributed by atoms with van der Waals surface area (Å²) in [6.45, 7) is 7.89. The molecule has 1 atom stereocenters. The summed E-state index contributed by atoms with van der Waals surface area (Å²) < 4.78 is 1.71. The Labute approximate surface area is 121 Å². The highest BCUT2D eigenvalue weighted by atomic mass is 16.2. The molecule has 0 aromatic carbocycles. The molecular weight excluding hydrogens is 252 g/mol. The van der Waals surface area contributed by atoms with E-state index in [0.29, 0.717) is 6.04 Å². The van der Waals surface area contributed by atoms with Gasteiger partial charge in [-0.25, -0.2) is 0 Å². The molecule has 0 aliphatic carbocycles. The first kappa shape index (κ1) is 15.0. The van der Waals surface area contributed by atoms with Crippen molar-refractivity contribution in [3.05, 3.63) is 17.5 Å². The Bertz CT molecular complexity index is 460. The normalized spacial score (nSPS) is 19.4. The fourth-order valence-corrected chi connectivity index (χ4v) is 2.81. The van der Waals surface area contributed by atoms with Gasteiger partial charge in [0.2, 0.25) is 0 Å². The number of aryl methyl sites for hydroxylation is 2. The van der Waals surface area contributed by atoms with Gasteiger partial charge in [0, 0.05) is 31.9 Å². The SMILES string of the molecule is Cc1nn(C)cc1C(=O)N(CC1CCCCN1)C(C)C. The molecule has 2 rings (SSSR count). The van der Waals surface area contributed by atoms with Gasteiger partial charge in [0.25, 0.3) is 5.91 Å². The van der Waals surface area contributed by atoms with Crippen molar-refractivity contribution in [2.75, 3.05) is 13.1 Å². The van der Waals surface area contributed by atoms with Gasteiger partial charge in [0.15, 0.2) is 0 Å². The van der Waals surface area contributed by atoms with Gasteiger partial charge in [-0.3, -0.25) is 9.48 Å². The Hall–Kier alpha value is -1.36. The van der Waals surface area contributed by atoms with Crippen molar-refractivity contribution in [3.63, 3.8) is 0 Å². The van der Waals surface area contributed by atoms with Crippen molar-refractivity contribution >= 4 is 5.91 Å². The lowest BCUT2D eigenvalue weighted by atomic mass is 10.0. The second-order valence-electron chi connectivity index (χ2n) is 6.00. The van der Waals surface area contributed by atoms with Gasteiger partial charge in [-0.15, -0.1) is 0 Å². The van der Waals surface area contributed by atoms with Crippen LogP contribution in [0, 0.1) is 6.92 Å². The molecule has 5 heteroatoms. The zero-order valence-electron chi connectivity index (χ0n) is 13.0. The van der Waals surface area contributed by atoms with Crippen molar-refractivity contribution in [1.82, 2.24) is 20.0 Å². The zero-order chi connectivity index (χ0) is 14.7. The van der Waals surface area contributed by atoms with E-state index in [4.69, 9.17) is 0 Å². The number of hydrogen-bond acceptors (Lipinski definition) is 3. The highest BCUT2D eigenvalue weighted by molar-refractivity contribution is 5.95. The third-order valence-electron chi connectivity index (χ3n) is 3.96. The Morgan fingerprint density at radius 3 is 2.80 bits per heavy atom. The number of carbonyl (C=O) groups excluding carboxylic acids is 1. The van der Waals surface area contributed by atoms with E-state index in [1.807, 2.05) is 25.1 Å². The molecule has 112 valence electrons. The van der Waals surface area contributed by atoms with Gasteiger partial charge in [-0.1, -0.05) is 6.42 Å². The molecule has 1 aliphatic heterocycles. The van der Waals surface area contributed by atoms with E-state index in [2.05, 4.69) is 24.3 Å². The van der Waals surface area contributed by atoms with Crippen LogP contribution in [0.4, 0.5) is 0 Å². The number of amides is 1. The van der Waals surface area contributed by atoms with Crippen LogP contribution in [0.3, 0.4) is 0 Å². The van der Waals surface area contributed by atoms with Crippen molar-refractivity contribution < 1.29 is 4.79 Å². The highest BCUT2D eigenvalue weighted by Crippen LogP contribution is 2.15. The Kier molecular flexibility index (Phi) is 4.81. The van der Waals surface area contributed by atoms with Gasteiger partial charge in [0.05, 0.1) is 11.3 Å². The van der Waals surface area contributed by atoms with Crippen LogP contribution in [0.2, 0.25) is 0 Å². The molecule has 0 bridgehead atoms. The van der Waals surface area contributed by atoms with Crippen LogP contribution in [0.15, 0.2) is 6.20 Å². The Morgan fingerprint density at radius 1 is 1.55 bits per heavy atom. The lowest BCUT2D eigenvalue weighted by molar-refractivity contribution is 0.0676. The third kappa shape index (κ3) is 3.39. The van der Waals surface area contributed by atoms with E-state index >= 15 is 0 Å². The van der Waals surface area contributed by atoms with Crippen LogP contribution >= 0.6 is 0 Å². The number of nitrogens with zero attached hydrogens (tertiary/aromatic N) is 3. The summed E-state index contributed by atoms with van der Waals surface area (Å²) in [7, 11) is 1.85. The van der Waals surface area contributed by atoms with Gasteiger partial charge >= 0.3 is 0 Å². The molecule has 1 aliphatic rings. The maximum Gasteiger partial charge on any atom is 0.257 e. The Morgan fingerprint density at radius 2 is 2.30 bits per heavy atom. The van der Waals surface area contributed by atoms with Crippen molar-refractivity contribution in [2.24, 2.45) is 7.05 Å². The van der Waals surface area contributed by atoms with E-state index in [1.165, 1.54) is 12.8 Å². The van der Waals surface area contributed by atoms with Crippen molar-refractivity contribution in [3.8, 4) is 0 Å². The minimum atomic E-state index is 0.0953. The minimum Gasteiger partial charge on any atom is -0.335 e. The number of rotatable bonds is 4. The smallest absolute Gasteiger partial charge is 0.257 e. The molecule has 20 heavy (non-hydrogen) atoms. The standard InChI is InChI=1S/C15H26N4O/c1-11(2)19(9-13-7-5-6-8-16-13)15(20)14-10-18(4)17-12(14)3/h10-11,13,16H,5-9H2,1-4H3. The Balaban J connectivity index is 2.11. The van der Waals surface area contributed by atoms with Crippen LogP contribution in [0.5, 0.6) is 0 Å². The highest BCUT2D eigenvalue weighted by Gasteiger charge is 2.25. The number of carbonyl (C=O) groups is 1. The molecule has 2 heterocycles. The van der Waals surface area contributed by atoms with E-state index in [9.17, 15) is 4.79 Å². The van der Waals surface area contributed by atoms with Crippen molar-refractivity contribution in [2.45, 2.75) is 52.1 Å². The van der Waals surface area contributed by atoms with E-state index in [-0.39, 0.29) is 11.9 Å². The summed E-state index contributed by atoms with van der Waals surface area (Å²) >= 11 is 0. The summed E-state index contributed by atoms with van der Waals surface area (Å²) in [5, 5.41) is 7.79. The summed E-state index contributed by atoms with van der Waals surface area (Å²) in [6.07, 6.45) is 5.47. The first-order chi connectivity index (χ1) is 9.49. The molecule has 0 saturated carbocycles. The molecule has 5 nitrogen and oxygen atoms in total. The van der Waals surface area contributed by atoms with Gasteiger partial charge in [-0.2, -0.15) is 5.10 Å². The maximum atomic E-state index is 12.7. The molecule has 1 unspecified atom stereocenters. The lowest BCUT2D eigenvalue weighted by Gasteiger charge is -2.33. The van der Waals surface area contributed by atoms with Gasteiger partial charge in [-0.05, 0) is 40.2 Å². The van der Waals surface area contributed by atoms with E-state index in [1.54, 1.807) is 4.68 Å². The first-order valence-electron chi connectivity index (χ1n) is 7.53. The molecule has 0 spiro atoms. The van der Waals surface area contributed by atoms with Gasteiger partial charge < -0.3 is 10.2 Å². The van der Waals surface area contributed by atoms with Crippen LogP contribution in [-0.2, 0) is 7.05 Å². The largest absolute Gasteiger partial charge is 0.335 e. The summed E-state index contributed by atoms with van der Waals surface area (Å²) in [5.74, 6) is 0.0953. The van der Waals surface area contributed by atoms with E-state index < -0.39 is 0 Å².